The molecule has 1 N–H and O–H groups in total. The van der Waals surface area contributed by atoms with Crippen molar-refractivity contribution in [3.8, 4) is 27.8 Å². The highest BCUT2D eigenvalue weighted by molar-refractivity contribution is 7.13. The topological polar surface area (TPSA) is 77.9 Å². The summed E-state index contributed by atoms with van der Waals surface area (Å²) in [5.41, 5.74) is 1.38. The van der Waals surface area contributed by atoms with Crippen molar-refractivity contribution in [2.45, 2.75) is 6.42 Å². The predicted octanol–water partition coefficient (Wildman–Crippen LogP) is 3.90. The number of carboxylic acid groups (broad SMARTS) is 1. The first-order valence-electron chi connectivity index (χ1n) is 8.31. The van der Waals surface area contributed by atoms with Gasteiger partial charge in [-0.05, 0) is 30.3 Å². The van der Waals surface area contributed by atoms with Crippen LogP contribution >= 0.6 is 11.3 Å². The average Bonchev–Trinajstić information content (AvgIpc) is 3.13. The fourth-order valence-electron chi connectivity index (χ4n) is 2.43. The van der Waals surface area contributed by atoms with Crippen LogP contribution in [0.4, 0.5) is 0 Å². The van der Waals surface area contributed by atoms with E-state index >= 15 is 0 Å². The maximum Gasteiger partial charge on any atom is 0.309 e. The lowest BCUT2D eigenvalue weighted by molar-refractivity contribution is -0.136. The molecular formula is C20H19NO5S. The number of hydrogen-bond acceptors (Lipinski definition) is 6. The van der Waals surface area contributed by atoms with E-state index in [1.54, 1.807) is 18.6 Å². The maximum atomic E-state index is 10.8. The van der Waals surface area contributed by atoms with Crippen molar-refractivity contribution < 1.29 is 24.1 Å². The molecule has 0 unspecified atom stereocenters. The summed E-state index contributed by atoms with van der Waals surface area (Å²) in [6.45, 7) is 0.758. The van der Waals surface area contributed by atoms with Crippen LogP contribution in [-0.4, -0.2) is 36.4 Å². The van der Waals surface area contributed by atoms with Crippen molar-refractivity contribution in [1.82, 2.24) is 4.98 Å². The molecule has 0 bridgehead atoms. The molecule has 27 heavy (non-hydrogen) atoms. The third-order valence-corrected chi connectivity index (χ3v) is 4.59. The number of aliphatic carboxylic acids is 1. The van der Waals surface area contributed by atoms with Crippen LogP contribution in [0.2, 0.25) is 0 Å². The Hall–Kier alpha value is -3.06. The molecule has 0 aliphatic rings. The minimum absolute atomic E-state index is 0.0904. The van der Waals surface area contributed by atoms with Crippen molar-refractivity contribution in [3.63, 3.8) is 0 Å². The van der Waals surface area contributed by atoms with Gasteiger partial charge in [-0.15, -0.1) is 11.3 Å². The van der Waals surface area contributed by atoms with Crippen LogP contribution in [0.15, 0.2) is 53.9 Å². The Bertz CT molecular complexity index is 894. The van der Waals surface area contributed by atoms with Crippen LogP contribution < -0.4 is 14.2 Å². The van der Waals surface area contributed by atoms with Gasteiger partial charge in [0.05, 0.1) is 19.2 Å². The summed E-state index contributed by atoms with van der Waals surface area (Å²) in [5.74, 6) is 1.09. The van der Waals surface area contributed by atoms with Crippen LogP contribution in [-0.2, 0) is 11.2 Å². The third kappa shape index (κ3) is 5.21. The number of carboxylic acids is 1. The molecule has 0 fully saturated rings. The van der Waals surface area contributed by atoms with Gasteiger partial charge in [0.1, 0.15) is 24.0 Å². The standard InChI is InChI=1S/C20H19NO5S/c1-24-17-8-7-14(20-21-15(13-27-20)12-19(22)23)11-18(17)26-10-9-25-16-5-3-2-4-6-16/h2-8,11,13H,9-10,12H2,1H3,(H,22,23). The first kappa shape index (κ1) is 18.7. The number of para-hydroxylation sites is 1. The summed E-state index contributed by atoms with van der Waals surface area (Å²) < 4.78 is 16.8. The summed E-state index contributed by atoms with van der Waals surface area (Å²) >= 11 is 1.40. The second-order valence-electron chi connectivity index (χ2n) is 5.59. The number of thiazole rings is 1. The second-order valence-corrected chi connectivity index (χ2v) is 6.45. The van der Waals surface area contributed by atoms with Crippen LogP contribution in [0.1, 0.15) is 5.69 Å². The van der Waals surface area contributed by atoms with E-state index < -0.39 is 5.97 Å². The third-order valence-electron chi connectivity index (χ3n) is 3.65. The highest BCUT2D eigenvalue weighted by Gasteiger charge is 2.12. The van der Waals surface area contributed by atoms with Gasteiger partial charge in [0, 0.05) is 10.9 Å². The SMILES string of the molecule is COc1ccc(-c2nc(CC(=O)O)cs2)cc1OCCOc1ccccc1. The number of ether oxygens (including phenoxy) is 3. The van der Waals surface area contributed by atoms with Gasteiger partial charge in [0.2, 0.25) is 0 Å². The monoisotopic (exact) mass is 385 g/mol. The summed E-state index contributed by atoms with van der Waals surface area (Å²) in [7, 11) is 1.58. The molecule has 0 aliphatic carbocycles. The van der Waals surface area contributed by atoms with Gasteiger partial charge in [0.25, 0.3) is 0 Å². The minimum Gasteiger partial charge on any atom is -0.493 e. The van der Waals surface area contributed by atoms with E-state index in [0.717, 1.165) is 16.3 Å². The molecule has 0 spiro atoms. The van der Waals surface area contributed by atoms with E-state index in [9.17, 15) is 4.79 Å². The highest BCUT2D eigenvalue weighted by atomic mass is 32.1. The van der Waals surface area contributed by atoms with Gasteiger partial charge in [-0.1, -0.05) is 18.2 Å². The summed E-state index contributed by atoms with van der Waals surface area (Å²) in [6, 6.07) is 15.0. The van der Waals surface area contributed by atoms with Gasteiger partial charge < -0.3 is 19.3 Å². The molecule has 140 valence electrons. The quantitative estimate of drug-likeness (QED) is 0.563. The molecular weight excluding hydrogens is 366 g/mol. The number of methoxy groups -OCH3 is 1. The zero-order chi connectivity index (χ0) is 19.1. The maximum absolute atomic E-state index is 10.8. The van der Waals surface area contributed by atoms with Gasteiger partial charge in [-0.25, -0.2) is 4.98 Å². The molecule has 6 nitrogen and oxygen atoms in total. The number of aromatic nitrogens is 1. The smallest absolute Gasteiger partial charge is 0.309 e. The van der Waals surface area contributed by atoms with Crippen molar-refractivity contribution >= 4 is 17.3 Å². The van der Waals surface area contributed by atoms with Gasteiger partial charge in [-0.2, -0.15) is 0 Å². The molecule has 7 heteroatoms. The molecule has 0 saturated carbocycles. The molecule has 0 amide bonds. The largest absolute Gasteiger partial charge is 0.493 e. The molecule has 2 aromatic carbocycles. The molecule has 1 aromatic heterocycles. The number of carbonyl (C=O) groups is 1. The summed E-state index contributed by atoms with van der Waals surface area (Å²) in [6.07, 6.45) is -0.0904. The van der Waals surface area contributed by atoms with Gasteiger partial charge in [0.15, 0.2) is 11.5 Å². The van der Waals surface area contributed by atoms with E-state index in [2.05, 4.69) is 4.98 Å². The first-order chi connectivity index (χ1) is 13.2. The van der Waals surface area contributed by atoms with E-state index in [-0.39, 0.29) is 6.42 Å². The molecule has 1 heterocycles. The highest BCUT2D eigenvalue weighted by Crippen LogP contribution is 2.34. The second kappa shape index (κ2) is 9.05. The first-order valence-corrected chi connectivity index (χ1v) is 9.19. The molecule has 0 aliphatic heterocycles. The average molecular weight is 385 g/mol. The Kier molecular flexibility index (Phi) is 6.27. The number of rotatable bonds is 9. The number of benzene rings is 2. The van der Waals surface area contributed by atoms with Crippen molar-refractivity contribution in [3.05, 3.63) is 59.6 Å². The lowest BCUT2D eigenvalue weighted by Crippen LogP contribution is -2.09. The zero-order valence-corrected chi connectivity index (χ0v) is 15.6. The van der Waals surface area contributed by atoms with Crippen molar-refractivity contribution in [2.24, 2.45) is 0 Å². The lowest BCUT2D eigenvalue weighted by atomic mass is 10.2. The summed E-state index contributed by atoms with van der Waals surface area (Å²) in [5, 5.41) is 11.4. The molecule has 0 radical (unpaired) electrons. The molecule has 0 saturated heterocycles. The predicted molar refractivity (Wildman–Crippen MR) is 103 cm³/mol. The minimum atomic E-state index is -0.899. The van der Waals surface area contributed by atoms with Crippen LogP contribution in [0, 0.1) is 0 Å². The Morgan fingerprint density at radius 3 is 2.59 bits per heavy atom. The van der Waals surface area contributed by atoms with Gasteiger partial charge >= 0.3 is 5.97 Å². The Balaban J connectivity index is 1.66. The Morgan fingerprint density at radius 2 is 1.85 bits per heavy atom. The van der Waals surface area contributed by atoms with E-state index in [0.29, 0.717) is 30.4 Å². The van der Waals surface area contributed by atoms with Crippen LogP contribution in [0.25, 0.3) is 10.6 Å². The Morgan fingerprint density at radius 1 is 1.07 bits per heavy atom. The van der Waals surface area contributed by atoms with Crippen LogP contribution in [0.5, 0.6) is 17.2 Å². The number of hydrogen-bond donors (Lipinski definition) is 1. The summed E-state index contributed by atoms with van der Waals surface area (Å²) in [4.78, 5) is 15.2. The lowest BCUT2D eigenvalue weighted by Gasteiger charge is -2.12. The van der Waals surface area contributed by atoms with Crippen molar-refractivity contribution in [1.29, 1.82) is 0 Å². The van der Waals surface area contributed by atoms with E-state index in [4.69, 9.17) is 19.3 Å². The fraction of sp³-hybridized carbons (Fsp3) is 0.200. The fourth-order valence-corrected chi connectivity index (χ4v) is 3.24. The van der Waals surface area contributed by atoms with E-state index in [1.165, 1.54) is 11.3 Å². The molecule has 3 aromatic rings. The van der Waals surface area contributed by atoms with Crippen molar-refractivity contribution in [2.75, 3.05) is 20.3 Å². The Labute approximate surface area is 161 Å². The molecule has 3 rings (SSSR count). The van der Waals surface area contributed by atoms with Crippen LogP contribution in [0.3, 0.4) is 0 Å². The van der Waals surface area contributed by atoms with Gasteiger partial charge in [-0.3, -0.25) is 4.79 Å². The number of nitrogens with zero attached hydrogens (tertiary/aromatic N) is 1. The molecule has 0 atom stereocenters. The zero-order valence-electron chi connectivity index (χ0n) is 14.8. The van der Waals surface area contributed by atoms with E-state index in [1.807, 2.05) is 42.5 Å². The normalized spacial score (nSPS) is 10.4.